The Morgan fingerprint density at radius 2 is 1.91 bits per heavy atom. The number of rotatable bonds is 6. The van der Waals surface area contributed by atoms with E-state index in [4.69, 9.17) is 9.47 Å². The quantitative estimate of drug-likeness (QED) is 0.460. The van der Waals surface area contributed by atoms with Gasteiger partial charge in [-0.25, -0.2) is 4.79 Å². The molecule has 1 aromatic carbocycles. The highest BCUT2D eigenvalue weighted by Gasteiger charge is 2.24. The van der Waals surface area contributed by atoms with E-state index in [1.54, 1.807) is 19.9 Å². The minimum Gasteiger partial charge on any atom is -0.465 e. The van der Waals surface area contributed by atoms with E-state index in [-0.39, 0.29) is 36.7 Å². The second kappa shape index (κ2) is 6.91. The van der Waals surface area contributed by atoms with Crippen molar-refractivity contribution in [2.24, 2.45) is 0 Å². The zero-order chi connectivity index (χ0) is 17.0. The number of para-hydroxylation sites is 1. The Kier molecular flexibility index (Phi) is 4.95. The monoisotopic (exact) mass is 320 g/mol. The maximum absolute atomic E-state index is 12.1. The van der Waals surface area contributed by atoms with Crippen LogP contribution in [-0.4, -0.2) is 34.6 Å². The van der Waals surface area contributed by atoms with Crippen LogP contribution in [0, 0.1) is 10.1 Å². The molecule has 8 heteroatoms. The third-order valence-corrected chi connectivity index (χ3v) is 3.17. The summed E-state index contributed by atoms with van der Waals surface area (Å²) in [6.07, 6.45) is 0. The van der Waals surface area contributed by atoms with Gasteiger partial charge in [0.25, 0.3) is 5.69 Å². The predicted molar refractivity (Wildman–Crippen MR) is 81.2 cm³/mol. The van der Waals surface area contributed by atoms with Crippen molar-refractivity contribution in [1.82, 2.24) is 4.57 Å². The van der Waals surface area contributed by atoms with Gasteiger partial charge in [0.15, 0.2) is 0 Å². The molecule has 1 aromatic heterocycles. The molecule has 0 saturated carbocycles. The first-order chi connectivity index (χ1) is 11.0. The third-order valence-electron chi connectivity index (χ3n) is 3.17. The number of nitrogens with zero attached hydrogens (tertiary/aromatic N) is 2. The minimum atomic E-state index is -0.651. The van der Waals surface area contributed by atoms with Crippen LogP contribution in [-0.2, 0) is 20.8 Å². The van der Waals surface area contributed by atoms with Gasteiger partial charge in [-0.2, -0.15) is 0 Å². The van der Waals surface area contributed by atoms with E-state index in [1.807, 2.05) is 0 Å². The number of non-ortho nitro benzene ring substituents is 1. The van der Waals surface area contributed by atoms with E-state index in [0.717, 1.165) is 0 Å². The van der Waals surface area contributed by atoms with Crippen LogP contribution in [0.25, 0.3) is 10.9 Å². The van der Waals surface area contributed by atoms with Crippen LogP contribution in [0.5, 0.6) is 0 Å². The van der Waals surface area contributed by atoms with E-state index in [9.17, 15) is 19.7 Å². The Hall–Kier alpha value is -2.90. The van der Waals surface area contributed by atoms with Crippen LogP contribution in [0.1, 0.15) is 24.3 Å². The summed E-state index contributed by atoms with van der Waals surface area (Å²) < 4.78 is 11.1. The fourth-order valence-corrected chi connectivity index (χ4v) is 2.33. The molecule has 0 aliphatic heterocycles. The van der Waals surface area contributed by atoms with Crippen molar-refractivity contribution in [1.29, 1.82) is 0 Å². The van der Waals surface area contributed by atoms with Crippen molar-refractivity contribution in [2.45, 2.75) is 20.4 Å². The molecule has 8 nitrogen and oxygen atoms in total. The van der Waals surface area contributed by atoms with Crippen LogP contribution in [0.2, 0.25) is 0 Å². The molecule has 0 unspecified atom stereocenters. The molecule has 1 heterocycles. The van der Waals surface area contributed by atoms with Crippen molar-refractivity contribution < 1.29 is 24.0 Å². The SMILES string of the molecule is CCOC(=O)Cn1c(C(=O)OCC)cc2cccc([N+](=O)[O-])c21. The largest absolute Gasteiger partial charge is 0.465 e. The van der Waals surface area contributed by atoms with Gasteiger partial charge in [-0.1, -0.05) is 12.1 Å². The van der Waals surface area contributed by atoms with E-state index in [1.165, 1.54) is 22.8 Å². The van der Waals surface area contributed by atoms with Crippen molar-refractivity contribution in [3.63, 3.8) is 0 Å². The molecule has 23 heavy (non-hydrogen) atoms. The fourth-order valence-electron chi connectivity index (χ4n) is 2.33. The maximum atomic E-state index is 12.1. The molecule has 0 saturated heterocycles. The predicted octanol–water partition coefficient (Wildman–Crippen LogP) is 2.29. The highest BCUT2D eigenvalue weighted by atomic mass is 16.6. The molecule has 0 radical (unpaired) electrons. The molecular weight excluding hydrogens is 304 g/mol. The summed E-state index contributed by atoms with van der Waals surface area (Å²) in [4.78, 5) is 34.6. The molecule has 0 aliphatic rings. The van der Waals surface area contributed by atoms with Gasteiger partial charge in [0, 0.05) is 11.5 Å². The molecule has 0 atom stereocenters. The van der Waals surface area contributed by atoms with Gasteiger partial charge < -0.3 is 14.0 Å². The molecule has 0 amide bonds. The first-order valence-corrected chi connectivity index (χ1v) is 7.09. The highest BCUT2D eigenvalue weighted by molar-refractivity contribution is 5.99. The summed E-state index contributed by atoms with van der Waals surface area (Å²) in [5.41, 5.74) is 0.0696. The Bertz CT molecular complexity index is 765. The van der Waals surface area contributed by atoms with Crippen LogP contribution in [0.3, 0.4) is 0 Å². The number of hydrogen-bond donors (Lipinski definition) is 0. The molecule has 2 aromatic rings. The maximum Gasteiger partial charge on any atom is 0.354 e. The average molecular weight is 320 g/mol. The number of fused-ring (bicyclic) bond motifs is 1. The smallest absolute Gasteiger partial charge is 0.354 e. The highest BCUT2D eigenvalue weighted by Crippen LogP contribution is 2.29. The molecule has 122 valence electrons. The second-order valence-corrected chi connectivity index (χ2v) is 4.61. The summed E-state index contributed by atoms with van der Waals surface area (Å²) in [7, 11) is 0. The standard InChI is InChI=1S/C15H16N2O6/c1-3-22-13(18)9-16-12(15(19)23-4-2)8-10-6-5-7-11(14(10)16)17(20)21/h5-8H,3-4,9H2,1-2H3. The molecule has 0 aliphatic carbocycles. The van der Waals surface area contributed by atoms with Crippen LogP contribution >= 0.6 is 0 Å². The van der Waals surface area contributed by atoms with Gasteiger partial charge in [0.1, 0.15) is 17.8 Å². The molecule has 2 rings (SSSR count). The van der Waals surface area contributed by atoms with Gasteiger partial charge in [0.2, 0.25) is 0 Å². The Morgan fingerprint density at radius 1 is 1.22 bits per heavy atom. The Morgan fingerprint density at radius 3 is 2.52 bits per heavy atom. The van der Waals surface area contributed by atoms with E-state index < -0.39 is 16.9 Å². The van der Waals surface area contributed by atoms with E-state index >= 15 is 0 Å². The zero-order valence-corrected chi connectivity index (χ0v) is 12.8. The Labute approximate surface area is 131 Å². The normalized spacial score (nSPS) is 10.5. The lowest BCUT2D eigenvalue weighted by molar-refractivity contribution is -0.383. The minimum absolute atomic E-state index is 0.0733. The number of ether oxygens (including phenoxy) is 2. The number of nitro groups is 1. The molecule has 0 bridgehead atoms. The number of aromatic nitrogens is 1. The van der Waals surface area contributed by atoms with Gasteiger partial charge in [-0.3, -0.25) is 14.9 Å². The fraction of sp³-hybridized carbons (Fsp3) is 0.333. The summed E-state index contributed by atoms with van der Waals surface area (Å²) in [6.45, 7) is 3.33. The van der Waals surface area contributed by atoms with Crippen molar-refractivity contribution in [2.75, 3.05) is 13.2 Å². The third kappa shape index (κ3) is 3.31. The van der Waals surface area contributed by atoms with Crippen molar-refractivity contribution >= 4 is 28.5 Å². The molecular formula is C15H16N2O6. The number of carbonyl (C=O) groups excluding carboxylic acids is 2. The summed E-state index contributed by atoms with van der Waals surface area (Å²) in [6, 6.07) is 5.94. The number of nitro benzene ring substituents is 1. The summed E-state index contributed by atoms with van der Waals surface area (Å²) >= 11 is 0. The first-order valence-electron chi connectivity index (χ1n) is 7.09. The number of carbonyl (C=O) groups is 2. The van der Waals surface area contributed by atoms with E-state index in [2.05, 4.69) is 0 Å². The van der Waals surface area contributed by atoms with Gasteiger partial charge in [0.05, 0.1) is 18.1 Å². The molecule has 0 fully saturated rings. The lowest BCUT2D eigenvalue weighted by Crippen LogP contribution is -2.19. The lowest BCUT2D eigenvalue weighted by atomic mass is 10.2. The summed E-state index contributed by atoms with van der Waals surface area (Å²) in [5, 5.41) is 11.7. The molecule has 0 N–H and O–H groups in total. The molecule has 0 spiro atoms. The van der Waals surface area contributed by atoms with Crippen molar-refractivity contribution in [3.8, 4) is 0 Å². The first kappa shape index (κ1) is 16.5. The number of esters is 2. The summed E-state index contributed by atoms with van der Waals surface area (Å²) in [5.74, 6) is -1.24. The van der Waals surface area contributed by atoms with Crippen LogP contribution in [0.4, 0.5) is 5.69 Å². The van der Waals surface area contributed by atoms with Crippen molar-refractivity contribution in [3.05, 3.63) is 40.1 Å². The Balaban J connectivity index is 2.65. The van der Waals surface area contributed by atoms with Gasteiger partial charge in [-0.05, 0) is 19.9 Å². The van der Waals surface area contributed by atoms with E-state index in [0.29, 0.717) is 5.39 Å². The van der Waals surface area contributed by atoms with Gasteiger partial charge >= 0.3 is 11.9 Å². The van der Waals surface area contributed by atoms with Crippen LogP contribution < -0.4 is 0 Å². The lowest BCUT2D eigenvalue weighted by Gasteiger charge is -2.09. The zero-order valence-electron chi connectivity index (χ0n) is 12.8. The van der Waals surface area contributed by atoms with Gasteiger partial charge in [-0.15, -0.1) is 0 Å². The number of benzene rings is 1. The average Bonchev–Trinajstić information content (AvgIpc) is 2.86. The number of hydrogen-bond acceptors (Lipinski definition) is 6. The topological polar surface area (TPSA) is 101 Å². The second-order valence-electron chi connectivity index (χ2n) is 4.61. The van der Waals surface area contributed by atoms with Crippen LogP contribution in [0.15, 0.2) is 24.3 Å².